The summed E-state index contributed by atoms with van der Waals surface area (Å²) in [5.41, 5.74) is 13.5. The lowest BCUT2D eigenvalue weighted by Gasteiger charge is -2.33. The molecule has 77 heavy (non-hydrogen) atoms. The van der Waals surface area contributed by atoms with Crippen LogP contribution in [0.4, 0.5) is 0 Å². The third kappa shape index (κ3) is 13.9. The van der Waals surface area contributed by atoms with Crippen molar-refractivity contribution >= 4 is 70.1 Å². The first-order valence-corrected chi connectivity index (χ1v) is 25.9. The highest BCUT2D eigenvalue weighted by Gasteiger charge is 2.41. The van der Waals surface area contributed by atoms with E-state index in [1.165, 1.54) is 18.9 Å². The number of carbonyl (C=O) groups excluding carboxylic acids is 8. The molecule has 8 amide bonds. The van der Waals surface area contributed by atoms with Gasteiger partial charge in [0.2, 0.25) is 47.3 Å². The smallest absolute Gasteiger partial charge is 0.326 e. The lowest BCUT2D eigenvalue weighted by molar-refractivity contribution is -0.142. The van der Waals surface area contributed by atoms with E-state index in [-0.39, 0.29) is 87.3 Å². The molecule has 26 heteroatoms. The van der Waals surface area contributed by atoms with Gasteiger partial charge in [-0.15, -0.1) is 0 Å². The number of carboxylic acid groups (broad SMARTS) is 1. The lowest BCUT2D eigenvalue weighted by Crippen LogP contribution is -2.62. The first-order valence-electron chi connectivity index (χ1n) is 25.9. The van der Waals surface area contributed by atoms with Crippen LogP contribution in [0.25, 0.3) is 16.7 Å². The van der Waals surface area contributed by atoms with Gasteiger partial charge in [0, 0.05) is 72.7 Å². The van der Waals surface area contributed by atoms with Crippen LogP contribution in [0, 0.1) is 17.8 Å². The number of carbonyl (C=O) groups is 9. The Kier molecular flexibility index (Phi) is 18.0. The zero-order valence-corrected chi connectivity index (χ0v) is 43.9. The summed E-state index contributed by atoms with van der Waals surface area (Å²) in [5, 5.41) is 33.0. The van der Waals surface area contributed by atoms with Gasteiger partial charge in [0.05, 0.1) is 12.0 Å². The monoisotopic (exact) mass is 1070 g/mol. The Bertz CT molecular complexity index is 2890. The molecule has 4 aliphatic rings. The zero-order valence-electron chi connectivity index (χ0n) is 43.9. The Labute approximate surface area is 443 Å². The molecule has 8 rings (SSSR count). The van der Waals surface area contributed by atoms with Gasteiger partial charge >= 0.3 is 5.97 Å². The third-order valence-electron chi connectivity index (χ3n) is 14.0. The van der Waals surface area contributed by atoms with Crippen molar-refractivity contribution in [3.8, 4) is 5.82 Å². The number of amides is 8. The van der Waals surface area contributed by atoms with E-state index in [9.17, 15) is 43.5 Å². The molecule has 0 spiro atoms. The summed E-state index contributed by atoms with van der Waals surface area (Å²) in [6.45, 7) is 10.9. The Balaban J connectivity index is 1.39. The number of fused-ring (bicyclic) bond motifs is 13. The fraction of sp³-hybridized carbons (Fsp3) is 0.529. The number of guanidine groups is 1. The summed E-state index contributed by atoms with van der Waals surface area (Å²) >= 11 is 0. The average molecular weight is 1070 g/mol. The van der Waals surface area contributed by atoms with Crippen LogP contribution in [-0.2, 0) is 62.4 Å². The molecule has 0 aliphatic carbocycles. The molecule has 1 fully saturated rings. The number of rotatable bonds is 15. The van der Waals surface area contributed by atoms with Crippen LogP contribution >= 0.6 is 0 Å². The molecule has 9 atom stereocenters. The normalized spacial score (nSPS) is 23.9. The largest absolute Gasteiger partial charge is 0.480 e. The summed E-state index contributed by atoms with van der Waals surface area (Å²) in [7, 11) is 0. The maximum atomic E-state index is 15.0. The summed E-state index contributed by atoms with van der Waals surface area (Å²) in [5.74, 6) is -8.50. The van der Waals surface area contributed by atoms with E-state index in [1.807, 2.05) is 33.8 Å². The molecule has 0 unspecified atom stereocenters. The standard InChI is InChI=1S/C51H70N16O10/c1-23(2)14-34-47(73)65-40(25(5)6)48(74)63-36-18-30-29-10-9-26(39(24(3)4)41(49(75)62-34)66-44(70)32-11-12-38(68)58-32)15-33(29)59-42(30)67-20-28(57-22-67)17-35(45(71)64-37(50(76)77)16-27-19-54-21-56-27)61-43(69)31(60-46(36)72)8-7-13-55-51(52)53/h9-10,15,19-25,31-32,34-37,39-41,59H,7-8,11-14,16-18H2,1-6H3,(H,54,56)(H,58,68)(H,60,72)(H,61,69)(H,62,75)(H,63,74)(H,64,71)(H,65,73)(H,66,70)(H,76,77)(H4,52,53,55)/t31-,32+,34-,35+,36+,37-,39-,40-,41-/m1/s1. The Morgan fingerprint density at radius 1 is 0.844 bits per heavy atom. The first kappa shape index (κ1) is 56.4. The summed E-state index contributed by atoms with van der Waals surface area (Å²) in [6.07, 6.45) is 5.80. The predicted molar refractivity (Wildman–Crippen MR) is 279 cm³/mol. The third-order valence-corrected chi connectivity index (χ3v) is 14.0. The number of benzene rings is 1. The van der Waals surface area contributed by atoms with E-state index in [0.29, 0.717) is 33.5 Å². The Morgan fingerprint density at radius 3 is 2.23 bits per heavy atom. The first-order chi connectivity index (χ1) is 36.6. The minimum atomic E-state index is -1.45. The molecule has 4 aromatic rings. The number of aliphatic carboxylic acids is 1. The maximum Gasteiger partial charge on any atom is 0.326 e. The average Bonchev–Trinajstić information content (AvgIpc) is 4.23. The minimum absolute atomic E-state index is 0.0512. The van der Waals surface area contributed by atoms with Crippen molar-refractivity contribution in [2.24, 2.45) is 34.2 Å². The predicted octanol–water partition coefficient (Wildman–Crippen LogP) is -1.32. The van der Waals surface area contributed by atoms with Gasteiger partial charge in [-0.25, -0.2) is 14.8 Å². The summed E-state index contributed by atoms with van der Waals surface area (Å²) in [6, 6.07) is -4.98. The second-order valence-corrected chi connectivity index (χ2v) is 21.1. The van der Waals surface area contributed by atoms with E-state index < -0.39 is 107 Å². The van der Waals surface area contributed by atoms with Crippen LogP contribution < -0.4 is 54.0 Å². The Morgan fingerprint density at radius 2 is 1.58 bits per heavy atom. The second kappa shape index (κ2) is 24.6. The van der Waals surface area contributed by atoms with E-state index in [0.717, 1.165) is 0 Å². The molecular weight excluding hydrogens is 997 g/mol. The fourth-order valence-corrected chi connectivity index (χ4v) is 10.1. The van der Waals surface area contributed by atoms with Gasteiger partial charge in [0.1, 0.15) is 60.5 Å². The van der Waals surface area contributed by atoms with Crippen molar-refractivity contribution in [2.45, 2.75) is 147 Å². The molecule has 0 radical (unpaired) electrons. The van der Waals surface area contributed by atoms with Crippen molar-refractivity contribution in [3.05, 3.63) is 65.8 Å². The molecule has 15 N–H and O–H groups in total. The molecule has 1 aromatic carbocycles. The minimum Gasteiger partial charge on any atom is -0.480 e. The highest BCUT2D eigenvalue weighted by molar-refractivity contribution is 5.99. The molecule has 0 saturated carbocycles. The van der Waals surface area contributed by atoms with Crippen LogP contribution in [-0.4, -0.2) is 144 Å². The van der Waals surface area contributed by atoms with Crippen LogP contribution in [0.3, 0.4) is 0 Å². The summed E-state index contributed by atoms with van der Waals surface area (Å²) < 4.78 is 1.62. The number of nitrogens with zero attached hydrogens (tertiary/aromatic N) is 4. The van der Waals surface area contributed by atoms with Gasteiger partial charge in [0.15, 0.2) is 5.96 Å². The van der Waals surface area contributed by atoms with Crippen LogP contribution in [0.2, 0.25) is 0 Å². The highest BCUT2D eigenvalue weighted by atomic mass is 16.4. The quantitative estimate of drug-likeness (QED) is 0.0285. The van der Waals surface area contributed by atoms with Crippen LogP contribution in [0.5, 0.6) is 0 Å². The number of hydrogen-bond donors (Lipinski definition) is 13. The molecule has 7 heterocycles. The van der Waals surface area contributed by atoms with Gasteiger partial charge in [-0.1, -0.05) is 53.7 Å². The highest BCUT2D eigenvalue weighted by Crippen LogP contribution is 2.35. The summed E-state index contributed by atoms with van der Waals surface area (Å²) in [4.78, 5) is 146. The van der Waals surface area contributed by atoms with Gasteiger partial charge in [-0.05, 0) is 55.1 Å². The van der Waals surface area contributed by atoms with Gasteiger partial charge < -0.3 is 69.1 Å². The number of imidazole rings is 2. The molecule has 4 aliphatic heterocycles. The molecule has 3 aromatic heterocycles. The fourth-order valence-electron chi connectivity index (χ4n) is 10.1. The zero-order chi connectivity index (χ0) is 55.8. The van der Waals surface area contributed by atoms with E-state index in [1.54, 1.807) is 36.7 Å². The van der Waals surface area contributed by atoms with Gasteiger partial charge in [0.25, 0.3) is 0 Å². The molecular formula is C51H70N16O10. The number of H-pyrrole nitrogens is 2. The van der Waals surface area contributed by atoms with E-state index >= 15 is 4.79 Å². The number of hydrogen-bond acceptors (Lipinski definition) is 12. The molecule has 7 bridgehead atoms. The topological polar surface area (TPSA) is 397 Å². The van der Waals surface area contributed by atoms with Gasteiger partial charge in [-0.3, -0.25) is 47.9 Å². The van der Waals surface area contributed by atoms with E-state index in [4.69, 9.17) is 11.5 Å². The van der Waals surface area contributed by atoms with Crippen molar-refractivity contribution < 1.29 is 48.3 Å². The van der Waals surface area contributed by atoms with Crippen molar-refractivity contribution in [1.82, 2.24) is 67.0 Å². The van der Waals surface area contributed by atoms with Crippen LogP contribution in [0.1, 0.15) is 102 Å². The number of aromatic nitrogens is 5. The number of aromatic amines is 2. The Hall–Kier alpha value is -8.32. The second-order valence-electron chi connectivity index (χ2n) is 21.1. The van der Waals surface area contributed by atoms with Gasteiger partial charge in [-0.2, -0.15) is 0 Å². The van der Waals surface area contributed by atoms with Crippen LogP contribution in [0.15, 0.2) is 48.2 Å². The number of nitrogens with one attached hydrogen (secondary N) is 10. The number of aliphatic imine (C=N–C) groups is 1. The molecule has 26 nitrogen and oxygen atoms in total. The lowest BCUT2D eigenvalue weighted by atomic mass is 9.81. The number of nitrogens with two attached hydrogens (primary N) is 2. The van der Waals surface area contributed by atoms with E-state index in [2.05, 4.69) is 67.5 Å². The van der Waals surface area contributed by atoms with Crippen molar-refractivity contribution in [2.75, 3.05) is 6.54 Å². The SMILES string of the molecule is CC(C)C[C@H]1NC(=O)[C@H](NC(=O)[C@@H]2CCC(=O)N2)[C@H](C(C)C)c2ccc3c4c([nH]c3c2)-n2cnc(c2)C[C@@H](C(=O)N[C@H](Cc2cnc[nH]2)C(=O)O)NC(=O)[C@@H](CCCN=C(N)N)NC(=O)[C@H](C4)NC(=O)[C@@H](C(C)C)NC1=O. The molecule has 1 saturated heterocycles. The molecule has 414 valence electrons. The number of carboxylic acids is 1. The van der Waals surface area contributed by atoms with Crippen molar-refractivity contribution in [3.63, 3.8) is 0 Å². The maximum absolute atomic E-state index is 15.0. The van der Waals surface area contributed by atoms with Crippen molar-refractivity contribution in [1.29, 1.82) is 0 Å².